The Labute approximate surface area is 112 Å². The highest BCUT2D eigenvalue weighted by molar-refractivity contribution is 7.18. The van der Waals surface area contributed by atoms with Gasteiger partial charge in [-0.25, -0.2) is 0 Å². The molecule has 0 radical (unpaired) electrons. The monoisotopic (exact) mass is 275 g/mol. The summed E-state index contributed by atoms with van der Waals surface area (Å²) in [4.78, 5) is 11.9. The van der Waals surface area contributed by atoms with Gasteiger partial charge in [-0.3, -0.25) is 10.1 Å². The molecule has 7 heteroatoms. The van der Waals surface area contributed by atoms with Crippen LogP contribution in [0.15, 0.2) is 39.6 Å². The predicted octanol–water partition coefficient (Wildman–Crippen LogP) is 2.95. The van der Waals surface area contributed by atoms with E-state index >= 15 is 0 Å². The molecule has 0 spiro atoms. The summed E-state index contributed by atoms with van der Waals surface area (Å²) in [6.07, 6.45) is 3.03. The van der Waals surface area contributed by atoms with Gasteiger partial charge in [0.05, 0.1) is 18.1 Å². The molecule has 0 saturated carbocycles. The van der Waals surface area contributed by atoms with Gasteiger partial charge in [0, 0.05) is 0 Å². The second-order valence-corrected chi connectivity index (χ2v) is 4.71. The first kappa shape index (κ1) is 11.7. The van der Waals surface area contributed by atoms with E-state index in [-0.39, 0.29) is 5.91 Å². The first-order valence-corrected chi connectivity index (χ1v) is 6.28. The lowest BCUT2D eigenvalue weighted by Crippen LogP contribution is -2.11. The lowest BCUT2D eigenvalue weighted by molar-refractivity contribution is 0.102. The summed E-state index contributed by atoms with van der Waals surface area (Å²) in [6, 6.07) is 5.16. The van der Waals surface area contributed by atoms with Crippen LogP contribution in [0, 0.1) is 6.92 Å². The van der Waals surface area contributed by atoms with Crippen LogP contribution in [0.25, 0.3) is 10.8 Å². The Bertz CT molecular complexity index is 699. The summed E-state index contributed by atoms with van der Waals surface area (Å²) in [5, 5.41) is 11.6. The summed E-state index contributed by atoms with van der Waals surface area (Å²) >= 11 is 1.24. The molecule has 96 valence electrons. The van der Waals surface area contributed by atoms with Crippen molar-refractivity contribution in [1.29, 1.82) is 0 Å². The molecule has 0 fully saturated rings. The molecule has 3 heterocycles. The number of amides is 1. The van der Waals surface area contributed by atoms with Crippen molar-refractivity contribution in [3.63, 3.8) is 0 Å². The van der Waals surface area contributed by atoms with Gasteiger partial charge in [-0.2, -0.15) is 0 Å². The van der Waals surface area contributed by atoms with Crippen LogP contribution in [-0.4, -0.2) is 16.1 Å². The maximum Gasteiger partial charge on any atom is 0.261 e. The third-order valence-electron chi connectivity index (χ3n) is 2.48. The van der Waals surface area contributed by atoms with Crippen LogP contribution in [0.5, 0.6) is 0 Å². The lowest BCUT2D eigenvalue weighted by atomic mass is 10.2. The molecule has 6 nitrogen and oxygen atoms in total. The van der Waals surface area contributed by atoms with E-state index in [1.54, 1.807) is 31.4 Å². The minimum Gasteiger partial charge on any atom is -0.469 e. The van der Waals surface area contributed by atoms with Gasteiger partial charge in [-0.15, -0.1) is 10.2 Å². The maximum atomic E-state index is 11.9. The molecule has 0 aliphatic carbocycles. The number of aryl methyl sites for hydroxylation is 1. The van der Waals surface area contributed by atoms with Crippen LogP contribution in [0.3, 0.4) is 0 Å². The number of furan rings is 2. The first-order chi connectivity index (χ1) is 9.24. The Morgan fingerprint density at radius 1 is 1.26 bits per heavy atom. The molecule has 3 aromatic rings. The van der Waals surface area contributed by atoms with Gasteiger partial charge in [0.2, 0.25) is 5.13 Å². The number of aromatic nitrogens is 2. The van der Waals surface area contributed by atoms with Gasteiger partial charge < -0.3 is 8.83 Å². The third kappa shape index (κ3) is 2.27. The van der Waals surface area contributed by atoms with E-state index in [9.17, 15) is 4.79 Å². The normalized spacial score (nSPS) is 10.6. The van der Waals surface area contributed by atoms with Crippen LogP contribution in [0.2, 0.25) is 0 Å². The molecule has 19 heavy (non-hydrogen) atoms. The molecule has 3 aromatic heterocycles. The zero-order valence-electron chi connectivity index (χ0n) is 9.91. The van der Waals surface area contributed by atoms with E-state index in [2.05, 4.69) is 15.5 Å². The molecule has 0 aromatic carbocycles. The Balaban J connectivity index is 1.78. The molecule has 0 aliphatic rings. The summed E-state index contributed by atoms with van der Waals surface area (Å²) in [7, 11) is 0. The largest absolute Gasteiger partial charge is 0.469 e. The molecule has 3 rings (SSSR count). The van der Waals surface area contributed by atoms with Crippen molar-refractivity contribution in [3.8, 4) is 10.8 Å². The van der Waals surface area contributed by atoms with Gasteiger partial charge in [0.1, 0.15) is 5.76 Å². The van der Waals surface area contributed by atoms with E-state index in [4.69, 9.17) is 8.83 Å². The highest BCUT2D eigenvalue weighted by atomic mass is 32.1. The van der Waals surface area contributed by atoms with Crippen molar-refractivity contribution in [2.45, 2.75) is 6.92 Å². The quantitative estimate of drug-likeness (QED) is 0.794. The van der Waals surface area contributed by atoms with Crippen LogP contribution >= 0.6 is 11.3 Å². The Kier molecular flexibility index (Phi) is 2.88. The summed E-state index contributed by atoms with van der Waals surface area (Å²) < 4.78 is 10.3. The average molecular weight is 275 g/mol. The van der Waals surface area contributed by atoms with E-state index in [0.717, 1.165) is 0 Å². The summed E-state index contributed by atoms with van der Waals surface area (Å²) in [6.45, 7) is 1.73. The fourth-order valence-corrected chi connectivity index (χ4v) is 2.27. The SMILES string of the molecule is Cc1occc1C(=O)Nc1nnc(-c2ccco2)s1. The van der Waals surface area contributed by atoms with Crippen molar-refractivity contribution >= 4 is 22.4 Å². The first-order valence-electron chi connectivity index (χ1n) is 5.47. The number of hydrogen-bond donors (Lipinski definition) is 1. The zero-order valence-corrected chi connectivity index (χ0v) is 10.7. The summed E-state index contributed by atoms with van der Waals surface area (Å²) in [5.74, 6) is 0.916. The number of nitrogens with zero attached hydrogens (tertiary/aromatic N) is 2. The highest BCUT2D eigenvalue weighted by Crippen LogP contribution is 2.26. The van der Waals surface area contributed by atoms with Gasteiger partial charge >= 0.3 is 0 Å². The third-order valence-corrected chi connectivity index (χ3v) is 3.33. The highest BCUT2D eigenvalue weighted by Gasteiger charge is 2.15. The predicted molar refractivity (Wildman–Crippen MR) is 69.0 cm³/mol. The zero-order chi connectivity index (χ0) is 13.2. The van der Waals surface area contributed by atoms with Crippen LogP contribution < -0.4 is 5.32 Å². The van der Waals surface area contributed by atoms with Crippen molar-refractivity contribution in [2.75, 3.05) is 5.32 Å². The van der Waals surface area contributed by atoms with E-state index in [0.29, 0.717) is 27.2 Å². The fraction of sp³-hybridized carbons (Fsp3) is 0.0833. The second kappa shape index (κ2) is 4.69. The van der Waals surface area contributed by atoms with Crippen LogP contribution in [-0.2, 0) is 0 Å². The van der Waals surface area contributed by atoms with Crippen LogP contribution in [0.4, 0.5) is 5.13 Å². The molecular formula is C12H9N3O3S. The topological polar surface area (TPSA) is 81.2 Å². The van der Waals surface area contributed by atoms with Gasteiger partial charge in [-0.05, 0) is 25.1 Å². The fourth-order valence-electron chi connectivity index (χ4n) is 1.56. The summed E-state index contributed by atoms with van der Waals surface area (Å²) in [5.41, 5.74) is 0.481. The van der Waals surface area contributed by atoms with Crippen molar-refractivity contribution in [3.05, 3.63) is 42.0 Å². The van der Waals surface area contributed by atoms with Crippen molar-refractivity contribution in [1.82, 2.24) is 10.2 Å². The van der Waals surface area contributed by atoms with Gasteiger partial charge in [0.15, 0.2) is 10.8 Å². The number of nitrogens with one attached hydrogen (secondary N) is 1. The number of rotatable bonds is 3. The second-order valence-electron chi connectivity index (χ2n) is 3.73. The number of carbonyl (C=O) groups is 1. The minimum atomic E-state index is -0.270. The maximum absolute atomic E-state index is 11.9. The molecule has 0 saturated heterocycles. The minimum absolute atomic E-state index is 0.270. The van der Waals surface area contributed by atoms with Crippen molar-refractivity contribution < 1.29 is 13.6 Å². The molecule has 0 bridgehead atoms. The lowest BCUT2D eigenvalue weighted by Gasteiger charge is -1.98. The Morgan fingerprint density at radius 3 is 2.84 bits per heavy atom. The molecule has 0 unspecified atom stereocenters. The van der Waals surface area contributed by atoms with E-state index < -0.39 is 0 Å². The van der Waals surface area contributed by atoms with E-state index in [1.807, 2.05) is 0 Å². The van der Waals surface area contributed by atoms with E-state index in [1.165, 1.54) is 17.6 Å². The molecule has 0 aliphatic heterocycles. The Morgan fingerprint density at radius 2 is 2.16 bits per heavy atom. The van der Waals surface area contributed by atoms with Crippen LogP contribution in [0.1, 0.15) is 16.1 Å². The molecule has 1 amide bonds. The van der Waals surface area contributed by atoms with Crippen molar-refractivity contribution in [2.24, 2.45) is 0 Å². The number of anilines is 1. The number of hydrogen-bond acceptors (Lipinski definition) is 6. The number of carbonyl (C=O) groups excluding carboxylic acids is 1. The molecular weight excluding hydrogens is 266 g/mol. The van der Waals surface area contributed by atoms with Gasteiger partial charge in [0.25, 0.3) is 5.91 Å². The smallest absolute Gasteiger partial charge is 0.261 e. The average Bonchev–Trinajstić information content (AvgIpc) is 3.07. The molecule has 0 atom stereocenters. The molecule has 1 N–H and O–H groups in total. The van der Waals surface area contributed by atoms with Gasteiger partial charge in [-0.1, -0.05) is 11.3 Å². The standard InChI is InChI=1S/C12H9N3O3S/c1-7-8(4-6-17-7)10(16)13-12-15-14-11(19-12)9-3-2-5-18-9/h2-6H,1H3,(H,13,15,16). The Hall–Kier alpha value is -2.41.